The van der Waals surface area contributed by atoms with E-state index in [2.05, 4.69) is 4.98 Å². The van der Waals surface area contributed by atoms with E-state index in [9.17, 15) is 19.1 Å². The molecule has 0 unspecified atom stereocenters. The maximum absolute atomic E-state index is 13.3. The Morgan fingerprint density at radius 3 is 2.11 bits per heavy atom. The Morgan fingerprint density at radius 2 is 1.54 bits per heavy atom. The number of carboxylic acid groups (broad SMARTS) is 1. The van der Waals surface area contributed by atoms with Crippen LogP contribution in [0.1, 0.15) is 20.7 Å². The molecule has 0 aliphatic heterocycles. The Labute approximate surface area is 160 Å². The number of aldehydes is 1. The van der Waals surface area contributed by atoms with Gasteiger partial charge in [0.1, 0.15) is 12.1 Å². The molecule has 28 heavy (non-hydrogen) atoms. The van der Waals surface area contributed by atoms with Crippen molar-refractivity contribution in [1.29, 1.82) is 0 Å². The highest BCUT2D eigenvalue weighted by Crippen LogP contribution is 2.25. The van der Waals surface area contributed by atoms with Crippen LogP contribution in [0.15, 0.2) is 84.9 Å². The zero-order valence-electron chi connectivity index (χ0n) is 14.7. The standard InChI is InChI=1S/C16H10FNO2.C7H6O/c17-11-6-7-12-13(16(19)20)9-14(18-15(12)8-11)10-4-2-1-3-5-10;8-6-7-4-2-1-3-5-7/h1-9H,(H,19,20);1-6H. The van der Waals surface area contributed by atoms with Crippen LogP contribution < -0.4 is 0 Å². The maximum atomic E-state index is 13.3. The van der Waals surface area contributed by atoms with Crippen molar-refractivity contribution in [2.24, 2.45) is 0 Å². The van der Waals surface area contributed by atoms with Gasteiger partial charge in [-0.1, -0.05) is 60.7 Å². The molecule has 0 fully saturated rings. The molecule has 5 heteroatoms. The summed E-state index contributed by atoms with van der Waals surface area (Å²) in [6.45, 7) is 0. The SMILES string of the molecule is O=C(O)c1cc(-c2ccccc2)nc2cc(F)ccc12.O=Cc1ccccc1. The van der Waals surface area contributed by atoms with E-state index in [1.165, 1.54) is 24.3 Å². The molecule has 0 aliphatic rings. The van der Waals surface area contributed by atoms with E-state index in [0.717, 1.165) is 17.4 Å². The first kappa shape index (κ1) is 18.9. The summed E-state index contributed by atoms with van der Waals surface area (Å²) in [5.41, 5.74) is 2.49. The van der Waals surface area contributed by atoms with Gasteiger partial charge in [-0.2, -0.15) is 0 Å². The molecule has 0 bridgehead atoms. The van der Waals surface area contributed by atoms with E-state index < -0.39 is 11.8 Å². The van der Waals surface area contributed by atoms with E-state index in [1.54, 1.807) is 12.1 Å². The van der Waals surface area contributed by atoms with Crippen molar-refractivity contribution in [1.82, 2.24) is 4.98 Å². The van der Waals surface area contributed by atoms with E-state index in [0.29, 0.717) is 16.6 Å². The number of carbonyl (C=O) groups excluding carboxylic acids is 1. The molecule has 0 saturated heterocycles. The van der Waals surface area contributed by atoms with Crippen LogP contribution in [-0.2, 0) is 0 Å². The number of benzene rings is 3. The molecule has 0 aliphatic carbocycles. The van der Waals surface area contributed by atoms with Gasteiger partial charge in [0.05, 0.1) is 16.8 Å². The van der Waals surface area contributed by atoms with E-state index in [4.69, 9.17) is 0 Å². The quantitative estimate of drug-likeness (QED) is 0.499. The first-order valence-electron chi connectivity index (χ1n) is 8.48. The van der Waals surface area contributed by atoms with Gasteiger partial charge < -0.3 is 5.11 Å². The summed E-state index contributed by atoms with van der Waals surface area (Å²) in [5.74, 6) is -1.49. The lowest BCUT2D eigenvalue weighted by molar-refractivity contribution is 0.0699. The molecular weight excluding hydrogens is 357 g/mol. The second-order valence-electron chi connectivity index (χ2n) is 5.92. The molecule has 1 N–H and O–H groups in total. The van der Waals surface area contributed by atoms with Crippen LogP contribution in [0, 0.1) is 5.82 Å². The molecule has 0 spiro atoms. The summed E-state index contributed by atoms with van der Waals surface area (Å²) in [4.78, 5) is 25.7. The smallest absolute Gasteiger partial charge is 0.336 e. The summed E-state index contributed by atoms with van der Waals surface area (Å²) in [6, 6.07) is 23.7. The Kier molecular flexibility index (Phi) is 5.87. The predicted molar refractivity (Wildman–Crippen MR) is 106 cm³/mol. The number of halogens is 1. The fraction of sp³-hybridized carbons (Fsp3) is 0. The number of rotatable bonds is 3. The fourth-order valence-electron chi connectivity index (χ4n) is 2.67. The first-order chi connectivity index (χ1) is 13.6. The van der Waals surface area contributed by atoms with Crippen molar-refractivity contribution in [3.63, 3.8) is 0 Å². The molecule has 0 radical (unpaired) electrons. The van der Waals surface area contributed by atoms with Gasteiger partial charge in [0.15, 0.2) is 0 Å². The third-order valence-corrected chi connectivity index (χ3v) is 4.01. The number of hydrogen-bond acceptors (Lipinski definition) is 3. The second kappa shape index (κ2) is 8.68. The van der Waals surface area contributed by atoms with Gasteiger partial charge in [0, 0.05) is 22.6 Å². The van der Waals surface area contributed by atoms with Crippen LogP contribution in [0.3, 0.4) is 0 Å². The molecule has 4 nitrogen and oxygen atoms in total. The molecule has 0 amide bonds. The number of carboxylic acids is 1. The average molecular weight is 373 g/mol. The first-order valence-corrected chi connectivity index (χ1v) is 8.48. The second-order valence-corrected chi connectivity index (χ2v) is 5.92. The van der Waals surface area contributed by atoms with Crippen molar-refractivity contribution >= 4 is 23.2 Å². The largest absolute Gasteiger partial charge is 0.478 e. The Balaban J connectivity index is 0.000000236. The molecular formula is C23H16FNO3. The number of carbonyl (C=O) groups is 2. The van der Waals surface area contributed by atoms with Crippen molar-refractivity contribution < 1.29 is 19.1 Å². The molecule has 0 saturated carbocycles. The summed E-state index contributed by atoms with van der Waals surface area (Å²) in [6.07, 6.45) is 0.833. The van der Waals surface area contributed by atoms with Crippen LogP contribution in [0.5, 0.6) is 0 Å². The molecule has 4 aromatic rings. The lowest BCUT2D eigenvalue weighted by Gasteiger charge is -2.07. The van der Waals surface area contributed by atoms with Crippen LogP contribution in [0.4, 0.5) is 4.39 Å². The lowest BCUT2D eigenvalue weighted by Crippen LogP contribution is -2.00. The lowest BCUT2D eigenvalue weighted by atomic mass is 10.0. The van der Waals surface area contributed by atoms with Gasteiger partial charge in [-0.3, -0.25) is 4.79 Å². The van der Waals surface area contributed by atoms with Gasteiger partial charge in [-0.05, 0) is 18.2 Å². The summed E-state index contributed by atoms with van der Waals surface area (Å²) >= 11 is 0. The van der Waals surface area contributed by atoms with Crippen LogP contribution >= 0.6 is 0 Å². The minimum atomic E-state index is -1.05. The Bertz CT molecular complexity index is 1110. The minimum Gasteiger partial charge on any atom is -0.478 e. The topological polar surface area (TPSA) is 67.3 Å². The third kappa shape index (κ3) is 4.45. The number of fused-ring (bicyclic) bond motifs is 1. The number of nitrogens with zero attached hydrogens (tertiary/aromatic N) is 1. The van der Waals surface area contributed by atoms with Gasteiger partial charge in [0.25, 0.3) is 0 Å². The molecule has 138 valence electrons. The zero-order chi connectivity index (χ0) is 19.9. The van der Waals surface area contributed by atoms with Crippen molar-refractivity contribution in [2.75, 3.05) is 0 Å². The number of hydrogen-bond donors (Lipinski definition) is 1. The highest BCUT2D eigenvalue weighted by Gasteiger charge is 2.13. The number of pyridine rings is 1. The molecule has 0 atom stereocenters. The van der Waals surface area contributed by atoms with Crippen molar-refractivity contribution in [2.45, 2.75) is 0 Å². The third-order valence-electron chi connectivity index (χ3n) is 4.01. The number of aromatic carboxylic acids is 1. The summed E-state index contributed by atoms with van der Waals surface area (Å²) in [5, 5.41) is 9.73. The van der Waals surface area contributed by atoms with E-state index in [1.807, 2.05) is 48.5 Å². The van der Waals surface area contributed by atoms with E-state index in [-0.39, 0.29) is 5.56 Å². The molecule has 1 heterocycles. The molecule has 1 aromatic heterocycles. The van der Waals surface area contributed by atoms with Gasteiger partial charge >= 0.3 is 5.97 Å². The highest BCUT2D eigenvalue weighted by atomic mass is 19.1. The Hall–Kier alpha value is -3.86. The average Bonchev–Trinajstić information content (AvgIpc) is 2.74. The maximum Gasteiger partial charge on any atom is 0.336 e. The fourth-order valence-corrected chi connectivity index (χ4v) is 2.67. The van der Waals surface area contributed by atoms with Crippen molar-refractivity contribution in [3.8, 4) is 11.3 Å². The molecule has 3 aromatic carbocycles. The van der Waals surface area contributed by atoms with Crippen LogP contribution in [-0.4, -0.2) is 22.3 Å². The predicted octanol–water partition coefficient (Wildman–Crippen LogP) is 5.24. The van der Waals surface area contributed by atoms with Crippen LogP contribution in [0.25, 0.3) is 22.2 Å². The summed E-state index contributed by atoms with van der Waals surface area (Å²) in [7, 11) is 0. The zero-order valence-corrected chi connectivity index (χ0v) is 14.7. The van der Waals surface area contributed by atoms with Crippen molar-refractivity contribution in [3.05, 3.63) is 102 Å². The monoisotopic (exact) mass is 373 g/mol. The normalized spacial score (nSPS) is 10.0. The van der Waals surface area contributed by atoms with Gasteiger partial charge in [-0.15, -0.1) is 0 Å². The number of aromatic nitrogens is 1. The minimum absolute atomic E-state index is 0.119. The van der Waals surface area contributed by atoms with Crippen LogP contribution in [0.2, 0.25) is 0 Å². The van der Waals surface area contributed by atoms with E-state index >= 15 is 0 Å². The molecule has 4 rings (SSSR count). The van der Waals surface area contributed by atoms with Gasteiger partial charge in [-0.25, -0.2) is 14.2 Å². The Morgan fingerprint density at radius 1 is 0.893 bits per heavy atom. The summed E-state index contributed by atoms with van der Waals surface area (Å²) < 4.78 is 13.3. The highest BCUT2D eigenvalue weighted by molar-refractivity contribution is 6.03. The van der Waals surface area contributed by atoms with Gasteiger partial charge in [0.2, 0.25) is 0 Å².